The highest BCUT2D eigenvalue weighted by molar-refractivity contribution is 6.76. The molecule has 3 N–H and O–H groups in total. The van der Waals surface area contributed by atoms with Crippen molar-refractivity contribution in [3.8, 4) is 0 Å². The Bertz CT molecular complexity index is 483. The normalized spacial score (nSPS) is 11.1. The van der Waals surface area contributed by atoms with E-state index < -0.39 is 14.0 Å². The topological polar surface area (TPSA) is 72.2 Å². The number of carbonyl (C=O) groups excluding carboxylic acids is 2. The molecule has 0 atom stereocenters. The summed E-state index contributed by atoms with van der Waals surface area (Å²) in [6.45, 7) is 6.42. The Morgan fingerprint density at radius 1 is 1.33 bits per heavy atom. The third-order valence-electron chi connectivity index (χ3n) is 2.28. The molecule has 4 nitrogen and oxygen atoms in total. The first kappa shape index (κ1) is 14.7. The van der Waals surface area contributed by atoms with Gasteiger partial charge in [0.1, 0.15) is 0 Å². The van der Waals surface area contributed by atoms with E-state index in [0.717, 1.165) is 0 Å². The summed E-state index contributed by atoms with van der Waals surface area (Å²) in [5, 5.41) is 3.02. The molecule has 1 aromatic rings. The van der Waals surface area contributed by atoms with E-state index in [1.54, 1.807) is 12.1 Å². The van der Waals surface area contributed by atoms with Crippen molar-refractivity contribution in [2.75, 3.05) is 6.17 Å². The number of amides is 2. The number of nitrogens with one attached hydrogen (secondary N) is 1. The van der Waals surface area contributed by atoms with E-state index >= 15 is 0 Å². The van der Waals surface area contributed by atoms with Crippen molar-refractivity contribution in [1.82, 2.24) is 5.32 Å². The summed E-state index contributed by atoms with van der Waals surface area (Å²) in [7, 11) is -1.39. The average Bonchev–Trinajstić information content (AvgIpc) is 2.24. The summed E-state index contributed by atoms with van der Waals surface area (Å²) >= 11 is 5.89. The van der Waals surface area contributed by atoms with Crippen LogP contribution in [-0.2, 0) is 0 Å². The molecule has 0 aliphatic carbocycles. The Hall–Kier alpha value is -1.33. The number of carbonyl (C=O) groups is 2. The fraction of sp³-hybridized carbons (Fsp3) is 0.333. The molecule has 18 heavy (non-hydrogen) atoms. The molecule has 0 aromatic heterocycles. The molecule has 0 heterocycles. The summed E-state index contributed by atoms with van der Waals surface area (Å²) in [6.07, 6.45) is 0.635. The van der Waals surface area contributed by atoms with Crippen LogP contribution in [0.4, 0.5) is 0 Å². The Morgan fingerprint density at radius 2 is 1.94 bits per heavy atom. The molecule has 2 amide bonds. The molecule has 0 radical (unpaired) electrons. The zero-order chi connectivity index (χ0) is 13.9. The zero-order valence-corrected chi connectivity index (χ0v) is 12.5. The molecule has 0 aliphatic heterocycles. The van der Waals surface area contributed by atoms with Crippen molar-refractivity contribution >= 4 is 31.5 Å². The Morgan fingerprint density at radius 3 is 2.44 bits per heavy atom. The highest BCUT2D eigenvalue weighted by Crippen LogP contribution is 2.19. The minimum absolute atomic E-state index is 0.0762. The second-order valence-electron chi connectivity index (χ2n) is 5.27. The maximum absolute atomic E-state index is 12.0. The minimum atomic E-state index is -1.39. The molecule has 0 saturated carbocycles. The molecule has 6 heteroatoms. The summed E-state index contributed by atoms with van der Waals surface area (Å²) in [5.41, 5.74) is 5.55. The molecule has 0 aliphatic rings. The molecule has 0 fully saturated rings. The van der Waals surface area contributed by atoms with Crippen LogP contribution in [0.25, 0.3) is 0 Å². The number of hydrogen-bond donors (Lipinski definition) is 2. The van der Waals surface area contributed by atoms with Gasteiger partial charge in [-0.2, -0.15) is 0 Å². The Kier molecular flexibility index (Phi) is 4.53. The fourth-order valence-electron chi connectivity index (χ4n) is 1.40. The van der Waals surface area contributed by atoms with Gasteiger partial charge in [-0.15, -0.1) is 0 Å². The van der Waals surface area contributed by atoms with Gasteiger partial charge in [-0.1, -0.05) is 37.3 Å². The van der Waals surface area contributed by atoms with E-state index in [2.05, 4.69) is 25.0 Å². The maximum Gasteiger partial charge on any atom is 0.251 e. The van der Waals surface area contributed by atoms with E-state index in [1.165, 1.54) is 6.07 Å². The fourth-order valence-corrected chi connectivity index (χ4v) is 2.36. The van der Waals surface area contributed by atoms with Gasteiger partial charge in [0, 0.05) is 6.17 Å². The third kappa shape index (κ3) is 3.85. The molecule has 0 bridgehead atoms. The first-order chi connectivity index (χ1) is 8.22. The lowest BCUT2D eigenvalue weighted by Gasteiger charge is -2.17. The quantitative estimate of drug-likeness (QED) is 0.831. The van der Waals surface area contributed by atoms with Crippen LogP contribution in [-0.4, -0.2) is 26.1 Å². The number of hydrogen-bond acceptors (Lipinski definition) is 2. The number of rotatable bonds is 4. The molecule has 0 unspecified atom stereocenters. The van der Waals surface area contributed by atoms with E-state index in [-0.39, 0.29) is 22.1 Å². The molecule has 0 spiro atoms. The second-order valence-corrected chi connectivity index (χ2v) is 11.2. The second kappa shape index (κ2) is 5.54. The lowest BCUT2D eigenvalue weighted by Crippen LogP contribution is -2.40. The highest BCUT2D eigenvalue weighted by Gasteiger charge is 2.20. The van der Waals surface area contributed by atoms with Crippen LogP contribution in [0, 0.1) is 0 Å². The largest absolute Gasteiger partial charge is 0.366 e. The summed E-state index contributed by atoms with van der Waals surface area (Å²) in [5.74, 6) is -1.01. The summed E-state index contributed by atoms with van der Waals surface area (Å²) < 4.78 is 0. The van der Waals surface area contributed by atoms with E-state index in [4.69, 9.17) is 17.3 Å². The number of halogens is 1. The predicted molar refractivity (Wildman–Crippen MR) is 75.6 cm³/mol. The van der Waals surface area contributed by atoms with E-state index in [1.807, 2.05) is 0 Å². The maximum atomic E-state index is 12.0. The standard InChI is InChI=1S/C12H17ClN2O2Si/c1-18(2,3)7-15-12(17)8-5-4-6-9(13)10(8)11(14)16/h4-6H,7H2,1-3H3,(H2,14,16)(H,15,17). The number of nitrogens with two attached hydrogens (primary N) is 1. The predicted octanol–water partition coefficient (Wildman–Crippen LogP) is 2.05. The van der Waals surface area contributed by atoms with Crippen molar-refractivity contribution in [2.24, 2.45) is 5.73 Å². The first-order valence-corrected chi connectivity index (χ1v) is 9.67. The molecular formula is C12H17ClN2O2Si. The van der Waals surface area contributed by atoms with Gasteiger partial charge in [0.25, 0.3) is 11.8 Å². The molecule has 0 saturated heterocycles. The van der Waals surface area contributed by atoms with Gasteiger partial charge in [-0.3, -0.25) is 9.59 Å². The summed E-state index contributed by atoms with van der Waals surface area (Å²) in [6, 6.07) is 4.71. The molecular weight excluding hydrogens is 268 g/mol. The van der Waals surface area contributed by atoms with Gasteiger partial charge in [-0.25, -0.2) is 0 Å². The van der Waals surface area contributed by atoms with Crippen LogP contribution in [0.3, 0.4) is 0 Å². The van der Waals surface area contributed by atoms with Crippen molar-refractivity contribution in [2.45, 2.75) is 19.6 Å². The minimum Gasteiger partial charge on any atom is -0.366 e. The van der Waals surface area contributed by atoms with Crippen LogP contribution >= 0.6 is 11.6 Å². The van der Waals surface area contributed by atoms with E-state index in [9.17, 15) is 9.59 Å². The smallest absolute Gasteiger partial charge is 0.251 e. The first-order valence-electron chi connectivity index (χ1n) is 5.59. The third-order valence-corrected chi connectivity index (χ3v) is 3.84. The van der Waals surface area contributed by atoms with Crippen LogP contribution in [0.1, 0.15) is 20.7 Å². The summed E-state index contributed by atoms with van der Waals surface area (Å²) in [4.78, 5) is 23.3. The SMILES string of the molecule is C[Si](C)(C)CNC(=O)c1cccc(Cl)c1C(N)=O. The van der Waals surface area contributed by atoms with Crippen LogP contribution in [0.15, 0.2) is 18.2 Å². The van der Waals surface area contributed by atoms with Gasteiger partial charge >= 0.3 is 0 Å². The van der Waals surface area contributed by atoms with Gasteiger partial charge in [0.05, 0.1) is 24.2 Å². The Labute approximate surface area is 113 Å². The highest BCUT2D eigenvalue weighted by atomic mass is 35.5. The van der Waals surface area contributed by atoms with Crippen LogP contribution in [0.5, 0.6) is 0 Å². The number of benzene rings is 1. The van der Waals surface area contributed by atoms with Crippen molar-refractivity contribution < 1.29 is 9.59 Å². The zero-order valence-electron chi connectivity index (χ0n) is 10.7. The Balaban J connectivity index is 3.00. The van der Waals surface area contributed by atoms with Gasteiger partial charge in [-0.05, 0) is 12.1 Å². The van der Waals surface area contributed by atoms with Crippen LogP contribution in [0.2, 0.25) is 24.7 Å². The lowest BCUT2D eigenvalue weighted by molar-refractivity contribution is 0.0940. The number of primary amides is 1. The monoisotopic (exact) mass is 284 g/mol. The lowest BCUT2D eigenvalue weighted by atomic mass is 10.1. The van der Waals surface area contributed by atoms with E-state index in [0.29, 0.717) is 6.17 Å². The van der Waals surface area contributed by atoms with Gasteiger partial charge < -0.3 is 11.1 Å². The average molecular weight is 285 g/mol. The van der Waals surface area contributed by atoms with Crippen molar-refractivity contribution in [3.05, 3.63) is 34.3 Å². The van der Waals surface area contributed by atoms with Crippen molar-refractivity contribution in [3.63, 3.8) is 0 Å². The molecule has 98 valence electrons. The molecule has 1 rings (SSSR count). The van der Waals surface area contributed by atoms with Crippen LogP contribution < -0.4 is 11.1 Å². The molecule has 1 aromatic carbocycles. The van der Waals surface area contributed by atoms with Gasteiger partial charge in [0.2, 0.25) is 0 Å². The van der Waals surface area contributed by atoms with Crippen molar-refractivity contribution in [1.29, 1.82) is 0 Å². The van der Waals surface area contributed by atoms with Gasteiger partial charge in [0.15, 0.2) is 0 Å².